The summed E-state index contributed by atoms with van der Waals surface area (Å²) >= 11 is 0. The Morgan fingerprint density at radius 2 is 1.49 bits per heavy atom. The fourth-order valence-electron chi connectivity index (χ4n) is 4.60. The third-order valence-electron chi connectivity index (χ3n) is 7.12. The summed E-state index contributed by atoms with van der Waals surface area (Å²) in [5.41, 5.74) is 18.5. The first-order valence-electron chi connectivity index (χ1n) is 14.3. The van der Waals surface area contributed by atoms with Gasteiger partial charge >= 0.3 is 5.97 Å². The molecule has 0 aliphatic heterocycles. The summed E-state index contributed by atoms with van der Waals surface area (Å²) < 4.78 is 0. The number of carbonyl (C=O) groups is 4. The Labute approximate surface area is 259 Å². The molecule has 0 spiro atoms. The maximum Gasteiger partial charge on any atom is 0.326 e. The van der Waals surface area contributed by atoms with Crippen LogP contribution in [0.1, 0.15) is 30.9 Å². The van der Waals surface area contributed by atoms with Gasteiger partial charge in [0.05, 0.1) is 6.10 Å². The maximum atomic E-state index is 13.8. The third-order valence-corrected chi connectivity index (χ3v) is 7.12. The van der Waals surface area contributed by atoms with Crippen LogP contribution in [0.2, 0.25) is 0 Å². The summed E-state index contributed by atoms with van der Waals surface area (Å²) in [4.78, 5) is 59.0. The number of aromatic amines is 1. The molecule has 3 rings (SSSR count). The number of carboxylic acid groups (broad SMARTS) is 1. The van der Waals surface area contributed by atoms with Crippen molar-refractivity contribution in [3.8, 4) is 5.75 Å². The Bertz CT molecular complexity index is 1500. The average molecular weight is 625 g/mol. The molecule has 3 amide bonds. The van der Waals surface area contributed by atoms with E-state index in [0.717, 1.165) is 10.9 Å². The maximum absolute atomic E-state index is 13.8. The van der Waals surface area contributed by atoms with Crippen molar-refractivity contribution in [1.82, 2.24) is 20.9 Å². The molecule has 1 aromatic heterocycles. The van der Waals surface area contributed by atoms with Crippen molar-refractivity contribution >= 4 is 40.6 Å². The minimum atomic E-state index is -1.32. The van der Waals surface area contributed by atoms with E-state index in [9.17, 15) is 34.5 Å². The monoisotopic (exact) mass is 624 g/mol. The summed E-state index contributed by atoms with van der Waals surface area (Å²) in [5.74, 6) is -3.76. The predicted octanol–water partition coefficient (Wildman–Crippen LogP) is -1.04. The van der Waals surface area contributed by atoms with E-state index in [1.165, 1.54) is 19.1 Å². The smallest absolute Gasteiger partial charge is 0.326 e. The number of rotatable bonds is 16. The second-order valence-corrected chi connectivity index (χ2v) is 10.7. The number of aromatic hydroxyl groups is 1. The van der Waals surface area contributed by atoms with Crippen LogP contribution in [0.3, 0.4) is 0 Å². The van der Waals surface area contributed by atoms with Crippen LogP contribution >= 0.6 is 0 Å². The van der Waals surface area contributed by atoms with E-state index in [1.54, 1.807) is 18.3 Å². The SMILES string of the molecule is CC(O)C(N)C(=O)NC(Cc1c[nH]c2ccccc12)C(=O)NC(Cc1ccc(O)cc1)C(=O)NC(CCCN=C(N)N)C(=O)O. The van der Waals surface area contributed by atoms with Crippen molar-refractivity contribution in [2.45, 2.75) is 62.9 Å². The molecular weight excluding hydrogens is 584 g/mol. The number of hydrogen-bond acceptors (Lipinski definition) is 8. The first-order chi connectivity index (χ1) is 21.3. The normalized spacial score (nSPS) is 14.4. The molecule has 0 aliphatic carbocycles. The largest absolute Gasteiger partial charge is 0.508 e. The number of H-pyrrole nitrogens is 1. The summed E-state index contributed by atoms with van der Waals surface area (Å²) in [6, 6.07) is 8.15. The van der Waals surface area contributed by atoms with Crippen molar-refractivity contribution in [1.29, 1.82) is 0 Å². The number of amides is 3. The van der Waals surface area contributed by atoms with Gasteiger partial charge in [-0.1, -0.05) is 30.3 Å². The number of carbonyl (C=O) groups excluding carboxylic acids is 3. The molecule has 5 atom stereocenters. The van der Waals surface area contributed by atoms with Gasteiger partial charge < -0.3 is 53.5 Å². The zero-order chi connectivity index (χ0) is 33.1. The minimum absolute atomic E-state index is 0.00417. The van der Waals surface area contributed by atoms with Gasteiger partial charge in [-0.2, -0.15) is 0 Å². The number of aliphatic imine (C=N–C) groups is 1. The van der Waals surface area contributed by atoms with Crippen LogP contribution in [-0.2, 0) is 32.0 Å². The predicted molar refractivity (Wildman–Crippen MR) is 167 cm³/mol. The van der Waals surface area contributed by atoms with Crippen LogP contribution in [0.25, 0.3) is 10.9 Å². The van der Waals surface area contributed by atoms with E-state index >= 15 is 0 Å². The number of guanidine groups is 1. The molecule has 15 nitrogen and oxygen atoms in total. The van der Waals surface area contributed by atoms with Gasteiger partial charge in [-0.3, -0.25) is 19.4 Å². The van der Waals surface area contributed by atoms with Crippen molar-refractivity contribution in [2.75, 3.05) is 6.54 Å². The molecule has 15 heteroatoms. The molecule has 242 valence electrons. The Kier molecular flexibility index (Phi) is 12.3. The lowest BCUT2D eigenvalue weighted by atomic mass is 10.0. The van der Waals surface area contributed by atoms with Crippen LogP contribution in [0.15, 0.2) is 59.7 Å². The molecule has 45 heavy (non-hydrogen) atoms. The molecule has 0 fully saturated rings. The number of nitrogens with zero attached hydrogens (tertiary/aromatic N) is 1. The van der Waals surface area contributed by atoms with E-state index in [1.807, 2.05) is 24.3 Å². The van der Waals surface area contributed by atoms with Crippen molar-refractivity contribution in [2.24, 2.45) is 22.2 Å². The van der Waals surface area contributed by atoms with Gasteiger partial charge in [-0.25, -0.2) is 4.79 Å². The minimum Gasteiger partial charge on any atom is -0.508 e. The molecule has 2 aromatic carbocycles. The third kappa shape index (κ3) is 10.2. The summed E-state index contributed by atoms with van der Waals surface area (Å²) in [5, 5.41) is 37.8. The molecule has 3 aromatic rings. The molecule has 1 heterocycles. The number of phenols is 1. The lowest BCUT2D eigenvalue weighted by Gasteiger charge is -2.26. The second-order valence-electron chi connectivity index (χ2n) is 10.7. The number of aliphatic hydroxyl groups excluding tert-OH is 1. The lowest BCUT2D eigenvalue weighted by Crippen LogP contribution is -2.59. The van der Waals surface area contributed by atoms with Crippen molar-refractivity contribution < 1.29 is 34.5 Å². The average Bonchev–Trinajstić information content (AvgIpc) is 3.40. The highest BCUT2D eigenvalue weighted by Gasteiger charge is 2.31. The fourth-order valence-corrected chi connectivity index (χ4v) is 4.60. The number of nitrogens with two attached hydrogens (primary N) is 3. The molecular formula is C30H40N8O7. The van der Waals surface area contributed by atoms with E-state index in [2.05, 4.69) is 25.9 Å². The van der Waals surface area contributed by atoms with E-state index in [0.29, 0.717) is 11.1 Å². The van der Waals surface area contributed by atoms with E-state index in [4.69, 9.17) is 17.2 Å². The Balaban J connectivity index is 1.88. The van der Waals surface area contributed by atoms with E-state index in [-0.39, 0.29) is 43.9 Å². The molecule has 0 aliphatic rings. The fraction of sp³-hybridized carbons (Fsp3) is 0.367. The van der Waals surface area contributed by atoms with Crippen molar-refractivity contribution in [3.05, 3.63) is 65.9 Å². The number of hydrogen-bond donors (Lipinski definition) is 10. The number of para-hydroxylation sites is 1. The van der Waals surface area contributed by atoms with E-state index < -0.39 is 54.0 Å². The van der Waals surface area contributed by atoms with Gasteiger partial charge in [0, 0.05) is 36.5 Å². The Morgan fingerprint density at radius 3 is 2.11 bits per heavy atom. The van der Waals surface area contributed by atoms with Crippen LogP contribution < -0.4 is 33.2 Å². The van der Waals surface area contributed by atoms with Gasteiger partial charge in [-0.05, 0) is 49.1 Å². The van der Waals surface area contributed by atoms with Crippen LogP contribution in [0.4, 0.5) is 0 Å². The molecule has 5 unspecified atom stereocenters. The lowest BCUT2D eigenvalue weighted by molar-refractivity contribution is -0.142. The molecule has 0 saturated heterocycles. The number of nitrogens with one attached hydrogen (secondary N) is 4. The zero-order valence-corrected chi connectivity index (χ0v) is 24.8. The number of benzene rings is 2. The standard InChI is InChI=1S/C30H40N8O7/c1-16(39)25(31)28(43)38-24(14-18-15-35-21-6-3-2-5-20(18)21)27(42)37-23(13-17-8-10-19(40)11-9-17)26(41)36-22(29(44)45)7-4-12-34-30(32)33/h2-3,5-6,8-11,15-16,22-25,35,39-40H,4,7,12-14,31H2,1H3,(H,36,41)(H,37,42)(H,38,43)(H,44,45)(H4,32,33,34). The van der Waals surface area contributed by atoms with Gasteiger partial charge in [0.25, 0.3) is 0 Å². The number of aliphatic carboxylic acids is 1. The molecule has 0 radical (unpaired) electrons. The highest BCUT2D eigenvalue weighted by atomic mass is 16.4. The quantitative estimate of drug-likeness (QED) is 0.0525. The number of carboxylic acids is 1. The number of fused-ring (bicyclic) bond motifs is 1. The number of phenolic OH excluding ortho intramolecular Hbond substituents is 1. The van der Waals surface area contributed by atoms with Gasteiger partial charge in [0.1, 0.15) is 29.9 Å². The highest BCUT2D eigenvalue weighted by molar-refractivity contribution is 5.95. The van der Waals surface area contributed by atoms with Gasteiger partial charge in [0.2, 0.25) is 17.7 Å². The highest BCUT2D eigenvalue weighted by Crippen LogP contribution is 2.20. The van der Waals surface area contributed by atoms with Crippen LogP contribution in [0.5, 0.6) is 5.75 Å². The summed E-state index contributed by atoms with van der Waals surface area (Å²) in [7, 11) is 0. The first kappa shape index (κ1) is 34.3. The molecule has 0 saturated carbocycles. The zero-order valence-electron chi connectivity index (χ0n) is 24.8. The first-order valence-corrected chi connectivity index (χ1v) is 14.3. The molecule has 0 bridgehead atoms. The topological polar surface area (TPSA) is 271 Å². The number of aliphatic hydroxyl groups is 1. The second kappa shape index (κ2) is 16.1. The summed E-state index contributed by atoms with van der Waals surface area (Å²) in [6.45, 7) is 1.49. The van der Waals surface area contributed by atoms with Gasteiger partial charge in [-0.15, -0.1) is 0 Å². The number of aromatic nitrogens is 1. The van der Waals surface area contributed by atoms with Gasteiger partial charge in [0.15, 0.2) is 5.96 Å². The Morgan fingerprint density at radius 1 is 0.889 bits per heavy atom. The van der Waals surface area contributed by atoms with Crippen LogP contribution in [-0.4, -0.2) is 86.8 Å². The van der Waals surface area contributed by atoms with Crippen LogP contribution in [0, 0.1) is 0 Å². The summed E-state index contributed by atoms with van der Waals surface area (Å²) in [6.07, 6.45) is 0.700. The van der Waals surface area contributed by atoms with Crippen molar-refractivity contribution in [3.63, 3.8) is 0 Å². The Hall–Kier alpha value is -5.15. The molecule has 13 N–H and O–H groups in total.